The third-order valence-corrected chi connectivity index (χ3v) is 5.25. The lowest BCUT2D eigenvalue weighted by Gasteiger charge is -2.25. The molecule has 21 heavy (non-hydrogen) atoms. The number of carbonyl (C=O) groups excluding carboxylic acids is 1. The number of nitrogens with one attached hydrogen (secondary N) is 1. The molecule has 1 aromatic carbocycles. The number of nitrogens with zero attached hydrogens (tertiary/aromatic N) is 2. The molecule has 1 N–H and O–H groups in total. The molecular weight excluding hydrogens is 298 g/mol. The van der Waals surface area contributed by atoms with Crippen molar-refractivity contribution in [3.63, 3.8) is 0 Å². The molecule has 8 nitrogen and oxygen atoms in total. The summed E-state index contributed by atoms with van der Waals surface area (Å²) < 4.78 is 32.4. The van der Waals surface area contributed by atoms with E-state index >= 15 is 0 Å². The Labute approximate surface area is 120 Å². The fourth-order valence-corrected chi connectivity index (χ4v) is 3.66. The molecular formula is C12H13N3O5S. The van der Waals surface area contributed by atoms with E-state index < -0.39 is 15.8 Å². The number of oxazole rings is 1. The number of hydrogen-bond acceptors (Lipinski definition) is 5. The lowest BCUT2D eigenvalue weighted by molar-refractivity contribution is -0.122. The van der Waals surface area contributed by atoms with Gasteiger partial charge in [0.05, 0.1) is 17.0 Å². The second-order valence-corrected chi connectivity index (χ2v) is 6.68. The lowest BCUT2D eigenvalue weighted by atomic mass is 10.3. The smallest absolute Gasteiger partial charge is 0.408 e. The topological polar surface area (TPSA) is 102 Å². The first-order chi connectivity index (χ1) is 9.89. The second-order valence-electron chi connectivity index (χ2n) is 4.75. The third kappa shape index (κ3) is 2.24. The molecule has 0 unspecified atom stereocenters. The maximum absolute atomic E-state index is 12.5. The normalized spacial score (nSPS) is 17.1. The van der Waals surface area contributed by atoms with E-state index in [1.165, 1.54) is 29.8 Å². The number of fused-ring (bicyclic) bond motifs is 1. The number of aromatic nitrogens is 1. The van der Waals surface area contributed by atoms with Gasteiger partial charge in [-0.2, -0.15) is 4.31 Å². The van der Waals surface area contributed by atoms with Crippen molar-refractivity contribution in [1.82, 2.24) is 14.2 Å². The molecule has 0 spiro atoms. The average molecular weight is 311 g/mol. The first-order valence-electron chi connectivity index (χ1n) is 6.26. The predicted molar refractivity (Wildman–Crippen MR) is 73.2 cm³/mol. The van der Waals surface area contributed by atoms with Crippen molar-refractivity contribution in [2.24, 2.45) is 7.05 Å². The molecule has 1 saturated heterocycles. The zero-order valence-corrected chi connectivity index (χ0v) is 12.0. The van der Waals surface area contributed by atoms with Crippen molar-refractivity contribution < 1.29 is 17.6 Å². The summed E-state index contributed by atoms with van der Waals surface area (Å²) >= 11 is 0. The maximum Gasteiger partial charge on any atom is 0.419 e. The molecule has 0 aliphatic carbocycles. The minimum absolute atomic E-state index is 0.000880. The Balaban J connectivity index is 2.06. The van der Waals surface area contributed by atoms with Gasteiger partial charge < -0.3 is 9.73 Å². The lowest BCUT2D eigenvalue weighted by Crippen LogP contribution is -2.49. The number of rotatable bonds is 2. The van der Waals surface area contributed by atoms with E-state index in [4.69, 9.17) is 4.42 Å². The van der Waals surface area contributed by atoms with Gasteiger partial charge in [0.2, 0.25) is 15.9 Å². The Hall–Kier alpha value is -2.13. The van der Waals surface area contributed by atoms with E-state index in [9.17, 15) is 18.0 Å². The minimum Gasteiger partial charge on any atom is -0.408 e. The SMILES string of the molecule is Cn1c(=O)oc2cc(S(=O)(=O)N3CCNC(=O)C3)ccc21. The quantitative estimate of drug-likeness (QED) is 0.786. The van der Waals surface area contributed by atoms with Crippen LogP contribution in [0.25, 0.3) is 11.1 Å². The molecule has 3 rings (SSSR count). The Morgan fingerprint density at radius 3 is 2.76 bits per heavy atom. The number of benzene rings is 1. The number of amides is 1. The summed E-state index contributed by atoms with van der Waals surface area (Å²) in [6.45, 7) is 0.282. The van der Waals surface area contributed by atoms with Crippen molar-refractivity contribution in [3.8, 4) is 0 Å². The fourth-order valence-electron chi connectivity index (χ4n) is 2.24. The molecule has 1 aliphatic rings. The molecule has 0 saturated carbocycles. The molecule has 2 heterocycles. The summed E-state index contributed by atoms with van der Waals surface area (Å²) in [5.41, 5.74) is 0.709. The highest BCUT2D eigenvalue weighted by Crippen LogP contribution is 2.21. The van der Waals surface area contributed by atoms with E-state index in [0.29, 0.717) is 5.52 Å². The average Bonchev–Trinajstić information content (AvgIpc) is 2.73. The summed E-state index contributed by atoms with van der Waals surface area (Å²) in [5.74, 6) is -0.894. The molecule has 0 radical (unpaired) electrons. The number of sulfonamides is 1. The summed E-state index contributed by atoms with van der Waals surface area (Å²) in [6.07, 6.45) is 0. The van der Waals surface area contributed by atoms with Crippen molar-refractivity contribution >= 4 is 27.0 Å². The summed E-state index contributed by atoms with van der Waals surface area (Å²) in [5, 5.41) is 2.57. The molecule has 1 fully saturated rings. The van der Waals surface area contributed by atoms with Crippen molar-refractivity contribution in [2.45, 2.75) is 4.90 Å². The van der Waals surface area contributed by atoms with Gasteiger partial charge in [-0.1, -0.05) is 0 Å². The molecule has 0 atom stereocenters. The maximum atomic E-state index is 12.5. The van der Waals surface area contributed by atoms with Gasteiger partial charge in [0.15, 0.2) is 5.58 Å². The molecule has 0 bridgehead atoms. The zero-order valence-electron chi connectivity index (χ0n) is 11.2. The van der Waals surface area contributed by atoms with E-state index in [1.807, 2.05) is 0 Å². The molecule has 1 aromatic heterocycles. The van der Waals surface area contributed by atoms with Crippen LogP contribution in [0, 0.1) is 0 Å². The van der Waals surface area contributed by atoms with Gasteiger partial charge in [0, 0.05) is 26.2 Å². The van der Waals surface area contributed by atoms with Gasteiger partial charge >= 0.3 is 5.76 Å². The van der Waals surface area contributed by atoms with Crippen LogP contribution >= 0.6 is 0 Å². The van der Waals surface area contributed by atoms with Crippen LogP contribution in [0.2, 0.25) is 0 Å². The molecule has 9 heteroatoms. The Kier molecular flexibility index (Phi) is 3.10. The molecule has 1 amide bonds. The van der Waals surface area contributed by atoms with Gasteiger partial charge in [-0.05, 0) is 12.1 Å². The first kappa shape index (κ1) is 13.8. The van der Waals surface area contributed by atoms with E-state index in [1.54, 1.807) is 0 Å². The monoisotopic (exact) mass is 311 g/mol. The van der Waals surface area contributed by atoms with Gasteiger partial charge in [0.25, 0.3) is 0 Å². The van der Waals surface area contributed by atoms with Crippen LogP contribution in [0.5, 0.6) is 0 Å². The van der Waals surface area contributed by atoms with Crippen LogP contribution in [0.1, 0.15) is 0 Å². The van der Waals surface area contributed by atoms with Crippen molar-refractivity contribution in [2.75, 3.05) is 19.6 Å². The number of hydrogen-bond donors (Lipinski definition) is 1. The largest absolute Gasteiger partial charge is 0.419 e. The fraction of sp³-hybridized carbons (Fsp3) is 0.333. The van der Waals surface area contributed by atoms with Crippen molar-refractivity contribution in [3.05, 3.63) is 28.7 Å². The van der Waals surface area contributed by atoms with Crippen LogP contribution in [-0.2, 0) is 21.9 Å². The Morgan fingerprint density at radius 1 is 1.29 bits per heavy atom. The van der Waals surface area contributed by atoms with Gasteiger partial charge in [-0.3, -0.25) is 9.36 Å². The second kappa shape index (κ2) is 4.71. The van der Waals surface area contributed by atoms with Crippen LogP contribution in [0.4, 0.5) is 0 Å². The highest BCUT2D eigenvalue weighted by atomic mass is 32.2. The first-order valence-corrected chi connectivity index (χ1v) is 7.70. The predicted octanol–water partition coefficient (Wildman–Crippen LogP) is -0.748. The summed E-state index contributed by atoms with van der Waals surface area (Å²) in [7, 11) is -2.25. The van der Waals surface area contributed by atoms with Crippen molar-refractivity contribution in [1.29, 1.82) is 0 Å². The van der Waals surface area contributed by atoms with Crippen LogP contribution in [0.3, 0.4) is 0 Å². The van der Waals surface area contributed by atoms with Crippen LogP contribution in [0.15, 0.2) is 32.3 Å². The summed E-state index contributed by atoms with van der Waals surface area (Å²) in [6, 6.07) is 4.22. The number of aryl methyl sites for hydroxylation is 1. The highest BCUT2D eigenvalue weighted by Gasteiger charge is 2.29. The van der Waals surface area contributed by atoms with Crippen LogP contribution < -0.4 is 11.1 Å². The Bertz CT molecular complexity index is 880. The molecule has 112 valence electrons. The Morgan fingerprint density at radius 2 is 2.05 bits per heavy atom. The van der Waals surface area contributed by atoms with Gasteiger partial charge in [-0.25, -0.2) is 13.2 Å². The zero-order chi connectivity index (χ0) is 15.2. The van der Waals surface area contributed by atoms with E-state index in [-0.39, 0.29) is 36.0 Å². The van der Waals surface area contributed by atoms with E-state index in [0.717, 1.165) is 4.31 Å². The molecule has 2 aromatic rings. The van der Waals surface area contributed by atoms with E-state index in [2.05, 4.69) is 5.32 Å². The van der Waals surface area contributed by atoms with Gasteiger partial charge in [-0.15, -0.1) is 0 Å². The summed E-state index contributed by atoms with van der Waals surface area (Å²) in [4.78, 5) is 22.8. The minimum atomic E-state index is -3.79. The highest BCUT2D eigenvalue weighted by molar-refractivity contribution is 7.89. The standard InChI is InChI=1S/C12H13N3O5S/c1-14-9-3-2-8(6-10(9)20-12(14)17)21(18,19)15-5-4-13-11(16)7-15/h2-3,6H,4-5,7H2,1H3,(H,13,16). The molecule has 1 aliphatic heterocycles. The van der Waals surface area contributed by atoms with Gasteiger partial charge in [0.1, 0.15) is 0 Å². The number of carbonyl (C=O) groups is 1. The van der Waals surface area contributed by atoms with Crippen LogP contribution in [-0.4, -0.2) is 42.8 Å². The third-order valence-electron chi connectivity index (χ3n) is 3.40. The number of piperazine rings is 1.